The van der Waals surface area contributed by atoms with Gasteiger partial charge in [0.1, 0.15) is 0 Å². The molecule has 1 aliphatic rings. The molecule has 0 aromatic heterocycles. The molecule has 3 aromatic rings. The van der Waals surface area contributed by atoms with Crippen LogP contribution in [0, 0.1) is 0 Å². The Balaban J connectivity index is 1.59. The number of carbonyl (C=O) groups is 2. The highest BCUT2D eigenvalue weighted by Crippen LogP contribution is 2.37. The zero-order chi connectivity index (χ0) is 24.1. The summed E-state index contributed by atoms with van der Waals surface area (Å²) in [6.45, 7) is 3.20. The van der Waals surface area contributed by atoms with Gasteiger partial charge in [-0.25, -0.2) is 0 Å². The van der Waals surface area contributed by atoms with Gasteiger partial charge in [0.25, 0.3) is 5.91 Å². The summed E-state index contributed by atoms with van der Waals surface area (Å²) in [5, 5.41) is 3.57. The van der Waals surface area contributed by atoms with E-state index < -0.39 is 6.04 Å². The van der Waals surface area contributed by atoms with Crippen LogP contribution >= 0.6 is 11.6 Å². The number of nitrogens with one attached hydrogen (secondary N) is 1. The largest absolute Gasteiger partial charge is 0.493 e. The molecular formula is C27H27ClN2O4. The number of hydrogen-bond donors (Lipinski definition) is 1. The minimum absolute atomic E-state index is 0.0870. The molecule has 176 valence electrons. The van der Waals surface area contributed by atoms with Crippen molar-refractivity contribution in [3.63, 3.8) is 0 Å². The van der Waals surface area contributed by atoms with Crippen LogP contribution in [0.4, 0.5) is 0 Å². The predicted octanol–water partition coefficient (Wildman–Crippen LogP) is 5.15. The number of halogens is 1. The molecule has 1 N–H and O–H groups in total. The molecule has 4 rings (SSSR count). The number of benzene rings is 3. The average molecular weight is 479 g/mol. The number of nitrogens with zero attached hydrogens (tertiary/aromatic N) is 1. The van der Waals surface area contributed by atoms with E-state index in [0.29, 0.717) is 41.8 Å². The first kappa shape index (κ1) is 23.6. The maximum absolute atomic E-state index is 13.3. The Bertz CT molecular complexity index is 1200. The average Bonchev–Trinajstić information content (AvgIpc) is 3.18. The molecule has 0 radical (unpaired) electrons. The zero-order valence-corrected chi connectivity index (χ0v) is 20.0. The molecule has 1 heterocycles. The van der Waals surface area contributed by atoms with Gasteiger partial charge in [-0.1, -0.05) is 48.0 Å². The van der Waals surface area contributed by atoms with Gasteiger partial charge in [-0.05, 0) is 53.9 Å². The molecule has 1 aliphatic heterocycles. The van der Waals surface area contributed by atoms with Gasteiger partial charge in [0.15, 0.2) is 11.5 Å². The molecule has 0 saturated carbocycles. The smallest absolute Gasteiger partial charge is 0.255 e. The third-order valence-corrected chi connectivity index (χ3v) is 6.09. The quantitative estimate of drug-likeness (QED) is 0.461. The number of fused-ring (bicyclic) bond motifs is 1. The second-order valence-corrected chi connectivity index (χ2v) is 8.50. The Morgan fingerprint density at radius 1 is 1.09 bits per heavy atom. The topological polar surface area (TPSA) is 67.9 Å². The van der Waals surface area contributed by atoms with E-state index in [9.17, 15) is 9.59 Å². The summed E-state index contributed by atoms with van der Waals surface area (Å²) in [6, 6.07) is 20.0. The van der Waals surface area contributed by atoms with Crippen molar-refractivity contribution in [2.24, 2.45) is 0 Å². The number of amides is 2. The van der Waals surface area contributed by atoms with Crippen molar-refractivity contribution in [3.05, 3.63) is 94.0 Å². The molecule has 0 aliphatic carbocycles. The van der Waals surface area contributed by atoms with Crippen LogP contribution < -0.4 is 14.8 Å². The number of ether oxygens (including phenoxy) is 2. The van der Waals surface area contributed by atoms with Crippen molar-refractivity contribution in [2.45, 2.75) is 32.5 Å². The fraction of sp³-hybridized carbons (Fsp3) is 0.259. The molecule has 2 amide bonds. The second-order valence-electron chi connectivity index (χ2n) is 8.06. The molecule has 3 aromatic carbocycles. The number of carbonyl (C=O) groups excluding carboxylic acids is 2. The normalized spacial score (nSPS) is 13.4. The monoisotopic (exact) mass is 478 g/mol. The highest BCUT2D eigenvalue weighted by Gasteiger charge is 2.34. The van der Waals surface area contributed by atoms with Crippen LogP contribution in [0.25, 0.3) is 0 Å². The molecule has 0 spiro atoms. The lowest BCUT2D eigenvalue weighted by Crippen LogP contribution is -2.34. The molecule has 34 heavy (non-hydrogen) atoms. The highest BCUT2D eigenvalue weighted by molar-refractivity contribution is 6.30. The van der Waals surface area contributed by atoms with Gasteiger partial charge < -0.3 is 19.7 Å². The molecule has 0 fully saturated rings. The Kier molecular flexibility index (Phi) is 7.38. The van der Waals surface area contributed by atoms with Crippen LogP contribution in [-0.2, 0) is 17.9 Å². The van der Waals surface area contributed by atoms with E-state index in [1.165, 1.54) is 0 Å². The minimum Gasteiger partial charge on any atom is -0.493 e. The number of methoxy groups -OCH3 is 1. The summed E-state index contributed by atoms with van der Waals surface area (Å²) >= 11 is 6.06. The second kappa shape index (κ2) is 10.6. The van der Waals surface area contributed by atoms with Crippen molar-refractivity contribution in [2.75, 3.05) is 13.7 Å². The lowest BCUT2D eigenvalue weighted by molar-refractivity contribution is -0.122. The van der Waals surface area contributed by atoms with Gasteiger partial charge >= 0.3 is 0 Å². The summed E-state index contributed by atoms with van der Waals surface area (Å²) in [5.74, 6) is 0.930. The lowest BCUT2D eigenvalue weighted by atomic mass is 10.0. The first-order valence-corrected chi connectivity index (χ1v) is 11.6. The Morgan fingerprint density at radius 2 is 1.91 bits per heavy atom. The fourth-order valence-corrected chi connectivity index (χ4v) is 4.41. The standard InChI is InChI=1S/C27H27ClN2O4/c1-3-34-24-12-11-19(14-25(24)33-2)23(30-17-20-8-4-5-10-22(20)27(30)32)15-26(31)29-16-18-7-6-9-21(28)13-18/h4-14,23H,3,15-17H2,1-2H3,(H,29,31). The van der Waals surface area contributed by atoms with Crippen molar-refractivity contribution >= 4 is 23.4 Å². The summed E-state index contributed by atoms with van der Waals surface area (Å²) in [4.78, 5) is 28.0. The van der Waals surface area contributed by atoms with Gasteiger partial charge in [-0.2, -0.15) is 0 Å². The summed E-state index contributed by atoms with van der Waals surface area (Å²) in [5.41, 5.74) is 3.34. The number of hydrogen-bond acceptors (Lipinski definition) is 4. The van der Waals surface area contributed by atoms with E-state index >= 15 is 0 Å². The molecule has 1 atom stereocenters. The van der Waals surface area contributed by atoms with E-state index in [1.54, 1.807) is 18.1 Å². The van der Waals surface area contributed by atoms with Crippen molar-refractivity contribution in [1.82, 2.24) is 10.2 Å². The summed E-state index contributed by atoms with van der Waals surface area (Å²) < 4.78 is 11.2. The molecule has 1 unspecified atom stereocenters. The predicted molar refractivity (Wildman–Crippen MR) is 131 cm³/mol. The van der Waals surface area contributed by atoms with Crippen LogP contribution in [0.15, 0.2) is 66.7 Å². The number of rotatable bonds is 9. The fourth-order valence-electron chi connectivity index (χ4n) is 4.20. The summed E-state index contributed by atoms with van der Waals surface area (Å²) in [7, 11) is 1.57. The van der Waals surface area contributed by atoms with Gasteiger partial charge in [-0.3, -0.25) is 9.59 Å². The summed E-state index contributed by atoms with van der Waals surface area (Å²) in [6.07, 6.45) is 0.109. The van der Waals surface area contributed by atoms with E-state index in [4.69, 9.17) is 21.1 Å². The first-order valence-electron chi connectivity index (χ1n) is 11.2. The van der Waals surface area contributed by atoms with Crippen LogP contribution in [0.1, 0.15) is 46.4 Å². The van der Waals surface area contributed by atoms with Crippen molar-refractivity contribution in [1.29, 1.82) is 0 Å². The third kappa shape index (κ3) is 5.18. The highest BCUT2D eigenvalue weighted by atomic mass is 35.5. The van der Waals surface area contributed by atoms with Crippen LogP contribution in [0.5, 0.6) is 11.5 Å². The van der Waals surface area contributed by atoms with E-state index in [2.05, 4.69) is 5.32 Å². The Hall–Kier alpha value is -3.51. The van der Waals surface area contributed by atoms with Gasteiger partial charge in [0, 0.05) is 23.7 Å². The molecular weight excluding hydrogens is 452 g/mol. The van der Waals surface area contributed by atoms with Crippen LogP contribution in [0.3, 0.4) is 0 Å². The van der Waals surface area contributed by atoms with Crippen molar-refractivity contribution < 1.29 is 19.1 Å². The van der Waals surface area contributed by atoms with E-state index in [-0.39, 0.29) is 18.2 Å². The molecule has 6 nitrogen and oxygen atoms in total. The Labute approximate surface area is 204 Å². The SMILES string of the molecule is CCOc1ccc(C(CC(=O)NCc2cccc(Cl)c2)N2Cc3ccccc3C2=O)cc1OC. The van der Waals surface area contributed by atoms with Crippen LogP contribution in [-0.4, -0.2) is 30.4 Å². The van der Waals surface area contributed by atoms with Crippen LogP contribution in [0.2, 0.25) is 5.02 Å². The maximum Gasteiger partial charge on any atom is 0.255 e. The van der Waals surface area contributed by atoms with Gasteiger partial charge in [0.05, 0.1) is 26.2 Å². The van der Waals surface area contributed by atoms with Gasteiger partial charge in [-0.15, -0.1) is 0 Å². The molecule has 7 heteroatoms. The zero-order valence-electron chi connectivity index (χ0n) is 19.2. The van der Waals surface area contributed by atoms with E-state index in [0.717, 1.165) is 16.7 Å². The van der Waals surface area contributed by atoms with E-state index in [1.807, 2.05) is 67.6 Å². The van der Waals surface area contributed by atoms with Gasteiger partial charge in [0.2, 0.25) is 5.91 Å². The first-order chi connectivity index (χ1) is 16.5. The lowest BCUT2D eigenvalue weighted by Gasteiger charge is -2.28. The third-order valence-electron chi connectivity index (χ3n) is 5.86. The maximum atomic E-state index is 13.3. The Morgan fingerprint density at radius 3 is 2.65 bits per heavy atom. The molecule has 0 bridgehead atoms. The minimum atomic E-state index is -0.469. The molecule has 0 saturated heterocycles. The van der Waals surface area contributed by atoms with Crippen molar-refractivity contribution in [3.8, 4) is 11.5 Å².